The molecule has 3 aromatic rings. The first kappa shape index (κ1) is 13.2. The molecule has 1 aromatic heterocycles. The normalized spacial score (nSPS) is 10.5. The third-order valence-corrected chi connectivity index (χ3v) is 3.24. The van der Waals surface area contributed by atoms with E-state index in [1.54, 1.807) is 18.3 Å². The van der Waals surface area contributed by atoms with E-state index in [4.69, 9.17) is 0 Å². The Morgan fingerprint density at radius 2 is 1.86 bits per heavy atom. The topological polar surface area (TPSA) is 50.1 Å². The van der Waals surface area contributed by atoms with Crippen molar-refractivity contribution in [1.29, 1.82) is 0 Å². The Kier molecular flexibility index (Phi) is 3.87. The molecule has 0 radical (unpaired) electrons. The highest BCUT2D eigenvalue weighted by molar-refractivity contribution is 5.46. The van der Waals surface area contributed by atoms with Crippen LogP contribution in [0, 0.1) is 0 Å². The number of benzene rings is 2. The summed E-state index contributed by atoms with van der Waals surface area (Å²) in [7, 11) is 0. The van der Waals surface area contributed by atoms with E-state index in [0.717, 1.165) is 17.8 Å². The average Bonchev–Trinajstić information content (AvgIpc) is 2.99. The van der Waals surface area contributed by atoms with Crippen molar-refractivity contribution < 1.29 is 5.11 Å². The zero-order chi connectivity index (χ0) is 14.5. The molecule has 0 unspecified atom stereocenters. The molecule has 0 fully saturated rings. The molecule has 0 saturated carbocycles. The minimum atomic E-state index is 0.293. The lowest BCUT2D eigenvalue weighted by Gasteiger charge is -2.09. The molecule has 0 atom stereocenters. The van der Waals surface area contributed by atoms with Crippen LogP contribution < -0.4 is 5.32 Å². The Labute approximate surface area is 123 Å². The van der Waals surface area contributed by atoms with E-state index in [-0.39, 0.29) is 0 Å². The number of nitrogens with zero attached hydrogens (tertiary/aromatic N) is 2. The molecule has 0 spiro atoms. The summed E-state index contributed by atoms with van der Waals surface area (Å²) < 4.78 is 1.90. The maximum Gasteiger partial charge on any atom is 0.115 e. The van der Waals surface area contributed by atoms with Crippen molar-refractivity contribution in [3.8, 4) is 5.75 Å². The van der Waals surface area contributed by atoms with Crippen LogP contribution in [0.2, 0.25) is 0 Å². The van der Waals surface area contributed by atoms with E-state index >= 15 is 0 Å². The average molecular weight is 279 g/mol. The second-order valence-electron chi connectivity index (χ2n) is 4.93. The van der Waals surface area contributed by atoms with Crippen LogP contribution in [0.1, 0.15) is 11.1 Å². The SMILES string of the molecule is Oc1cccc(CNc2cccc(Cn3cccn3)c2)c1. The summed E-state index contributed by atoms with van der Waals surface area (Å²) in [5.74, 6) is 0.293. The van der Waals surface area contributed by atoms with Crippen LogP contribution in [-0.4, -0.2) is 14.9 Å². The molecule has 0 aliphatic heterocycles. The number of phenolic OH excluding ortho intramolecular Hbond substituents is 1. The molecular weight excluding hydrogens is 262 g/mol. The highest BCUT2D eigenvalue weighted by Gasteiger charge is 1.99. The van der Waals surface area contributed by atoms with Gasteiger partial charge in [0.25, 0.3) is 0 Å². The minimum Gasteiger partial charge on any atom is -0.508 e. The quantitative estimate of drug-likeness (QED) is 0.753. The molecule has 2 N–H and O–H groups in total. The zero-order valence-electron chi connectivity index (χ0n) is 11.6. The number of rotatable bonds is 5. The van der Waals surface area contributed by atoms with Gasteiger partial charge in [-0.1, -0.05) is 24.3 Å². The molecule has 1 heterocycles. The number of hydrogen-bond donors (Lipinski definition) is 2. The van der Waals surface area contributed by atoms with Crippen molar-refractivity contribution in [3.05, 3.63) is 78.1 Å². The predicted octanol–water partition coefficient (Wildman–Crippen LogP) is 3.25. The predicted molar refractivity (Wildman–Crippen MR) is 83.2 cm³/mol. The van der Waals surface area contributed by atoms with Crippen molar-refractivity contribution in [3.63, 3.8) is 0 Å². The maximum atomic E-state index is 9.46. The Morgan fingerprint density at radius 3 is 2.67 bits per heavy atom. The van der Waals surface area contributed by atoms with E-state index in [1.807, 2.05) is 41.2 Å². The Morgan fingerprint density at radius 1 is 1.00 bits per heavy atom. The lowest BCUT2D eigenvalue weighted by atomic mass is 10.1. The Balaban J connectivity index is 1.66. The summed E-state index contributed by atoms with van der Waals surface area (Å²) in [6, 6.07) is 17.5. The minimum absolute atomic E-state index is 0.293. The first-order valence-corrected chi connectivity index (χ1v) is 6.88. The second-order valence-corrected chi connectivity index (χ2v) is 4.93. The molecule has 2 aromatic carbocycles. The molecule has 0 saturated heterocycles. The van der Waals surface area contributed by atoms with Crippen LogP contribution in [0.25, 0.3) is 0 Å². The molecule has 0 amide bonds. The van der Waals surface area contributed by atoms with Crippen molar-refractivity contribution in [2.24, 2.45) is 0 Å². The molecule has 106 valence electrons. The summed E-state index contributed by atoms with van der Waals surface area (Å²) in [5.41, 5.74) is 3.30. The second kappa shape index (κ2) is 6.13. The zero-order valence-corrected chi connectivity index (χ0v) is 11.6. The lowest BCUT2D eigenvalue weighted by molar-refractivity contribution is 0.474. The fourth-order valence-electron chi connectivity index (χ4n) is 2.23. The van der Waals surface area contributed by atoms with Gasteiger partial charge in [0.2, 0.25) is 0 Å². The first-order chi connectivity index (χ1) is 10.3. The largest absolute Gasteiger partial charge is 0.508 e. The van der Waals surface area contributed by atoms with Crippen molar-refractivity contribution >= 4 is 5.69 Å². The van der Waals surface area contributed by atoms with Gasteiger partial charge in [-0.2, -0.15) is 5.10 Å². The van der Waals surface area contributed by atoms with Gasteiger partial charge in [0, 0.05) is 24.6 Å². The molecule has 21 heavy (non-hydrogen) atoms. The van der Waals surface area contributed by atoms with Crippen LogP contribution in [-0.2, 0) is 13.1 Å². The van der Waals surface area contributed by atoms with Crippen LogP contribution in [0.15, 0.2) is 67.0 Å². The van der Waals surface area contributed by atoms with Gasteiger partial charge in [-0.3, -0.25) is 4.68 Å². The van der Waals surface area contributed by atoms with Crippen LogP contribution >= 0.6 is 0 Å². The summed E-state index contributed by atoms with van der Waals surface area (Å²) in [6.45, 7) is 1.44. The molecule has 4 heteroatoms. The number of anilines is 1. The summed E-state index contributed by atoms with van der Waals surface area (Å²) in [4.78, 5) is 0. The summed E-state index contributed by atoms with van der Waals surface area (Å²) in [5, 5.41) is 17.0. The van der Waals surface area contributed by atoms with Crippen LogP contribution in [0.5, 0.6) is 5.75 Å². The fraction of sp³-hybridized carbons (Fsp3) is 0.118. The number of hydrogen-bond acceptors (Lipinski definition) is 3. The third kappa shape index (κ3) is 3.63. The van der Waals surface area contributed by atoms with Gasteiger partial charge in [0.05, 0.1) is 6.54 Å². The number of nitrogens with one attached hydrogen (secondary N) is 1. The Hall–Kier alpha value is -2.75. The maximum absolute atomic E-state index is 9.46. The monoisotopic (exact) mass is 279 g/mol. The molecule has 4 nitrogen and oxygen atoms in total. The smallest absolute Gasteiger partial charge is 0.115 e. The molecule has 0 aliphatic carbocycles. The Bertz CT molecular complexity index is 708. The van der Waals surface area contributed by atoms with Gasteiger partial charge < -0.3 is 10.4 Å². The van der Waals surface area contributed by atoms with Crippen LogP contribution in [0.3, 0.4) is 0 Å². The molecule has 0 aliphatic rings. The van der Waals surface area contributed by atoms with E-state index in [9.17, 15) is 5.11 Å². The van der Waals surface area contributed by atoms with Gasteiger partial charge in [-0.05, 0) is 41.5 Å². The fourth-order valence-corrected chi connectivity index (χ4v) is 2.23. The van der Waals surface area contributed by atoms with Crippen LogP contribution in [0.4, 0.5) is 5.69 Å². The molecule has 3 rings (SSSR count). The van der Waals surface area contributed by atoms with Gasteiger partial charge >= 0.3 is 0 Å². The van der Waals surface area contributed by atoms with E-state index < -0.39 is 0 Å². The lowest BCUT2D eigenvalue weighted by Crippen LogP contribution is -2.02. The van der Waals surface area contributed by atoms with Crippen molar-refractivity contribution in [2.45, 2.75) is 13.1 Å². The van der Waals surface area contributed by atoms with E-state index in [1.165, 1.54) is 5.56 Å². The van der Waals surface area contributed by atoms with Gasteiger partial charge in [-0.15, -0.1) is 0 Å². The standard InChI is InChI=1S/C17H17N3O/c21-17-7-2-4-14(11-17)12-18-16-6-1-5-15(10-16)13-20-9-3-8-19-20/h1-11,18,21H,12-13H2. The first-order valence-electron chi connectivity index (χ1n) is 6.88. The third-order valence-electron chi connectivity index (χ3n) is 3.24. The van der Waals surface area contributed by atoms with Crippen molar-refractivity contribution in [2.75, 3.05) is 5.32 Å². The van der Waals surface area contributed by atoms with Gasteiger partial charge in [0.1, 0.15) is 5.75 Å². The molecule has 0 bridgehead atoms. The highest BCUT2D eigenvalue weighted by atomic mass is 16.3. The number of aromatic hydroxyl groups is 1. The number of phenols is 1. The summed E-state index contributed by atoms with van der Waals surface area (Å²) >= 11 is 0. The highest BCUT2D eigenvalue weighted by Crippen LogP contribution is 2.15. The molecular formula is C17H17N3O. The number of aromatic nitrogens is 2. The summed E-state index contributed by atoms with van der Waals surface area (Å²) in [6.07, 6.45) is 3.73. The van der Waals surface area contributed by atoms with E-state index in [0.29, 0.717) is 12.3 Å². The van der Waals surface area contributed by atoms with Gasteiger partial charge in [0.15, 0.2) is 0 Å². The van der Waals surface area contributed by atoms with Gasteiger partial charge in [-0.25, -0.2) is 0 Å². The van der Waals surface area contributed by atoms with Crippen molar-refractivity contribution in [1.82, 2.24) is 9.78 Å². The van der Waals surface area contributed by atoms with E-state index in [2.05, 4.69) is 22.5 Å².